The highest BCUT2D eigenvalue weighted by Gasteiger charge is 2.39. The van der Waals surface area contributed by atoms with Gasteiger partial charge in [-0.15, -0.1) is 0 Å². The lowest BCUT2D eigenvalue weighted by atomic mass is 9.97. The molecule has 0 saturated carbocycles. The van der Waals surface area contributed by atoms with Gasteiger partial charge in [0.2, 0.25) is 0 Å². The van der Waals surface area contributed by atoms with Crippen LogP contribution in [0.5, 0.6) is 0 Å². The van der Waals surface area contributed by atoms with Crippen LogP contribution >= 0.6 is 0 Å². The minimum Gasteiger partial charge on any atom is -0.317 e. The van der Waals surface area contributed by atoms with Crippen molar-refractivity contribution in [2.75, 3.05) is 27.2 Å². The summed E-state index contributed by atoms with van der Waals surface area (Å²) in [5.41, 5.74) is 0. The summed E-state index contributed by atoms with van der Waals surface area (Å²) in [5.74, 6) is 0. The van der Waals surface area contributed by atoms with Crippen molar-refractivity contribution in [2.24, 2.45) is 0 Å². The van der Waals surface area contributed by atoms with Crippen molar-refractivity contribution >= 4 is 0 Å². The predicted molar refractivity (Wildman–Crippen MR) is 78.0 cm³/mol. The van der Waals surface area contributed by atoms with Crippen LogP contribution in [0.1, 0.15) is 46.0 Å². The molecule has 3 unspecified atom stereocenters. The highest BCUT2D eigenvalue weighted by Crippen LogP contribution is 2.35. The highest BCUT2D eigenvalue weighted by atomic mass is 15.3. The molecule has 0 amide bonds. The zero-order valence-electron chi connectivity index (χ0n) is 12.7. The molecule has 106 valence electrons. The topological polar surface area (TPSA) is 18.5 Å². The average Bonchev–Trinajstić information content (AvgIpc) is 2.63. The van der Waals surface area contributed by atoms with E-state index in [0.717, 1.165) is 24.2 Å². The molecular weight excluding hydrogens is 222 g/mol. The zero-order valence-corrected chi connectivity index (χ0v) is 12.7. The minimum atomic E-state index is 0.720. The second-order valence-electron chi connectivity index (χ2n) is 6.32. The van der Waals surface area contributed by atoms with Gasteiger partial charge < -0.3 is 10.2 Å². The molecule has 2 aliphatic heterocycles. The van der Waals surface area contributed by atoms with Gasteiger partial charge in [0.15, 0.2) is 0 Å². The van der Waals surface area contributed by atoms with Crippen LogP contribution < -0.4 is 5.32 Å². The van der Waals surface area contributed by atoms with Crippen LogP contribution in [-0.4, -0.2) is 61.2 Å². The molecule has 0 aromatic heterocycles. The molecule has 0 aromatic carbocycles. The Balaban J connectivity index is 1.81. The van der Waals surface area contributed by atoms with Crippen molar-refractivity contribution in [2.45, 2.75) is 70.1 Å². The lowest BCUT2D eigenvalue weighted by Gasteiger charge is -2.40. The summed E-state index contributed by atoms with van der Waals surface area (Å²) < 4.78 is 0. The van der Waals surface area contributed by atoms with Crippen LogP contribution in [0.25, 0.3) is 0 Å². The van der Waals surface area contributed by atoms with Gasteiger partial charge in [0, 0.05) is 37.3 Å². The SMILES string of the molecule is CCC(C)N(C)CCN1C2CCC1CC(NC)C2. The molecule has 0 aromatic rings. The Morgan fingerprint density at radius 1 is 1.28 bits per heavy atom. The molecule has 0 radical (unpaired) electrons. The molecule has 0 aliphatic carbocycles. The van der Waals surface area contributed by atoms with Crippen LogP contribution in [-0.2, 0) is 0 Å². The van der Waals surface area contributed by atoms with Gasteiger partial charge in [0.25, 0.3) is 0 Å². The van der Waals surface area contributed by atoms with Crippen LogP contribution in [0.4, 0.5) is 0 Å². The predicted octanol–water partition coefficient (Wildman–Crippen LogP) is 1.93. The zero-order chi connectivity index (χ0) is 13.1. The normalized spacial score (nSPS) is 34.2. The second-order valence-corrected chi connectivity index (χ2v) is 6.32. The molecule has 2 heterocycles. The van der Waals surface area contributed by atoms with E-state index in [-0.39, 0.29) is 0 Å². The van der Waals surface area contributed by atoms with Crippen LogP contribution in [0.2, 0.25) is 0 Å². The van der Waals surface area contributed by atoms with E-state index < -0.39 is 0 Å². The maximum absolute atomic E-state index is 3.48. The largest absolute Gasteiger partial charge is 0.317 e. The lowest BCUT2D eigenvalue weighted by molar-refractivity contribution is 0.0998. The number of piperidine rings is 1. The third kappa shape index (κ3) is 3.06. The van der Waals surface area contributed by atoms with Gasteiger partial charge >= 0.3 is 0 Å². The molecule has 2 rings (SSSR count). The van der Waals surface area contributed by atoms with Crippen LogP contribution in [0, 0.1) is 0 Å². The number of likely N-dealkylation sites (N-methyl/N-ethyl adjacent to an activating group) is 1. The molecule has 2 aliphatic rings. The first kappa shape index (κ1) is 14.3. The van der Waals surface area contributed by atoms with Gasteiger partial charge in [-0.05, 0) is 53.1 Å². The summed E-state index contributed by atoms with van der Waals surface area (Å²) >= 11 is 0. The van der Waals surface area contributed by atoms with Crippen LogP contribution in [0.3, 0.4) is 0 Å². The summed E-state index contributed by atoms with van der Waals surface area (Å²) in [4.78, 5) is 5.32. The molecule has 2 bridgehead atoms. The van der Waals surface area contributed by atoms with E-state index in [1.807, 2.05) is 0 Å². The van der Waals surface area contributed by atoms with Crippen molar-refractivity contribution < 1.29 is 0 Å². The molecule has 2 saturated heterocycles. The maximum Gasteiger partial charge on any atom is 0.0115 e. The molecule has 3 heteroatoms. The van der Waals surface area contributed by atoms with Gasteiger partial charge in [-0.3, -0.25) is 4.90 Å². The Bertz CT molecular complexity index is 242. The van der Waals surface area contributed by atoms with E-state index in [1.54, 1.807) is 0 Å². The Kier molecular flexibility index (Phi) is 5.05. The van der Waals surface area contributed by atoms with Crippen molar-refractivity contribution in [1.82, 2.24) is 15.1 Å². The molecule has 3 atom stereocenters. The van der Waals surface area contributed by atoms with Gasteiger partial charge in [0.05, 0.1) is 0 Å². The number of fused-ring (bicyclic) bond motifs is 2. The number of nitrogens with one attached hydrogen (secondary N) is 1. The van der Waals surface area contributed by atoms with Crippen molar-refractivity contribution in [1.29, 1.82) is 0 Å². The smallest absolute Gasteiger partial charge is 0.0115 e. The molecule has 2 fully saturated rings. The molecule has 1 N–H and O–H groups in total. The van der Waals surface area contributed by atoms with Gasteiger partial charge in [-0.1, -0.05) is 6.92 Å². The Morgan fingerprint density at radius 3 is 2.39 bits per heavy atom. The average molecular weight is 253 g/mol. The fourth-order valence-electron chi connectivity index (χ4n) is 3.68. The fraction of sp³-hybridized carbons (Fsp3) is 1.00. The van der Waals surface area contributed by atoms with E-state index in [4.69, 9.17) is 0 Å². The third-order valence-electron chi connectivity index (χ3n) is 5.35. The highest BCUT2D eigenvalue weighted by molar-refractivity contribution is 4.97. The lowest BCUT2D eigenvalue weighted by Crippen LogP contribution is -2.50. The number of hydrogen-bond donors (Lipinski definition) is 1. The molecule has 0 spiro atoms. The monoisotopic (exact) mass is 253 g/mol. The summed E-state index contributed by atoms with van der Waals surface area (Å²) in [5, 5.41) is 3.48. The molecule has 18 heavy (non-hydrogen) atoms. The summed E-state index contributed by atoms with van der Waals surface area (Å²) in [6.07, 6.45) is 6.83. The van der Waals surface area contributed by atoms with E-state index in [9.17, 15) is 0 Å². The Hall–Kier alpha value is -0.120. The van der Waals surface area contributed by atoms with Crippen molar-refractivity contribution in [3.8, 4) is 0 Å². The summed E-state index contributed by atoms with van der Waals surface area (Å²) in [6.45, 7) is 7.12. The number of hydrogen-bond acceptors (Lipinski definition) is 3. The number of nitrogens with zero attached hydrogens (tertiary/aromatic N) is 2. The molecular formula is C15H31N3. The summed E-state index contributed by atoms with van der Waals surface area (Å²) in [6, 6.07) is 3.20. The Labute approximate surface area is 113 Å². The van der Waals surface area contributed by atoms with Crippen LogP contribution in [0.15, 0.2) is 0 Å². The summed E-state index contributed by atoms with van der Waals surface area (Å²) in [7, 11) is 4.40. The van der Waals surface area contributed by atoms with Crippen molar-refractivity contribution in [3.63, 3.8) is 0 Å². The quantitative estimate of drug-likeness (QED) is 0.780. The maximum atomic E-state index is 3.48. The van der Waals surface area contributed by atoms with Gasteiger partial charge in [-0.25, -0.2) is 0 Å². The first-order valence-corrected chi connectivity index (χ1v) is 7.79. The van der Waals surface area contributed by atoms with Crippen molar-refractivity contribution in [3.05, 3.63) is 0 Å². The van der Waals surface area contributed by atoms with Gasteiger partial charge in [-0.2, -0.15) is 0 Å². The minimum absolute atomic E-state index is 0.720. The molecule has 3 nitrogen and oxygen atoms in total. The third-order valence-corrected chi connectivity index (χ3v) is 5.35. The second kappa shape index (κ2) is 6.36. The first-order chi connectivity index (χ1) is 8.65. The Morgan fingerprint density at radius 2 is 1.89 bits per heavy atom. The standard InChI is InChI=1S/C15H31N3/c1-5-12(2)17(4)8-9-18-14-6-7-15(18)11-13(10-14)16-3/h12-16H,5-11H2,1-4H3. The fourth-order valence-corrected chi connectivity index (χ4v) is 3.68. The van der Waals surface area contributed by atoms with E-state index in [1.165, 1.54) is 45.2 Å². The van der Waals surface area contributed by atoms with E-state index in [2.05, 4.69) is 43.1 Å². The van der Waals surface area contributed by atoms with E-state index in [0.29, 0.717) is 0 Å². The van der Waals surface area contributed by atoms with Gasteiger partial charge in [0.1, 0.15) is 0 Å². The number of rotatable bonds is 6. The van der Waals surface area contributed by atoms with E-state index >= 15 is 0 Å². The first-order valence-electron chi connectivity index (χ1n) is 7.79.